The number of allylic oxidation sites excluding steroid dienone is 1. The smallest absolute Gasteiger partial charge is 0.0227 e. The molecular formula is C10H23N. The van der Waals surface area contributed by atoms with Crippen molar-refractivity contribution in [3.63, 3.8) is 0 Å². The van der Waals surface area contributed by atoms with Crippen LogP contribution >= 0.6 is 0 Å². The van der Waals surface area contributed by atoms with Gasteiger partial charge in [0.15, 0.2) is 0 Å². The largest absolute Gasteiger partial charge is 0.386 e. The zero-order valence-corrected chi connectivity index (χ0v) is 8.70. The van der Waals surface area contributed by atoms with Gasteiger partial charge in [-0.3, -0.25) is 0 Å². The van der Waals surface area contributed by atoms with E-state index >= 15 is 0 Å². The monoisotopic (exact) mass is 157 g/mol. The van der Waals surface area contributed by atoms with Crippen LogP contribution in [-0.2, 0) is 0 Å². The summed E-state index contributed by atoms with van der Waals surface area (Å²) in [7, 11) is 0. The minimum Gasteiger partial charge on any atom is -0.386 e. The minimum absolute atomic E-state index is 0.581. The third kappa shape index (κ3) is 9.54. The van der Waals surface area contributed by atoms with Gasteiger partial charge in [-0.05, 0) is 19.8 Å². The molecule has 0 saturated carbocycles. The third-order valence-corrected chi connectivity index (χ3v) is 1.49. The van der Waals surface area contributed by atoms with Crippen LogP contribution in [0.4, 0.5) is 0 Å². The van der Waals surface area contributed by atoms with E-state index in [0.29, 0.717) is 6.04 Å². The maximum Gasteiger partial charge on any atom is 0.0227 e. The van der Waals surface area contributed by atoms with Crippen LogP contribution in [0, 0.1) is 0 Å². The fourth-order valence-electron chi connectivity index (χ4n) is 0.553. The highest BCUT2D eigenvalue weighted by Crippen LogP contribution is 1.95. The van der Waals surface area contributed by atoms with Gasteiger partial charge >= 0.3 is 0 Å². The summed E-state index contributed by atoms with van der Waals surface area (Å²) in [5, 5.41) is 3.28. The lowest BCUT2D eigenvalue weighted by atomic mass is 10.2. The fourth-order valence-corrected chi connectivity index (χ4v) is 0.553. The summed E-state index contributed by atoms with van der Waals surface area (Å²) in [6, 6.07) is 0.581. The van der Waals surface area contributed by atoms with Crippen LogP contribution in [0.25, 0.3) is 0 Å². The molecule has 1 unspecified atom stereocenters. The predicted octanol–water partition coefficient (Wildman–Crippen LogP) is 3.32. The highest BCUT2D eigenvalue weighted by atomic mass is 14.9. The van der Waals surface area contributed by atoms with Crippen LogP contribution in [0.3, 0.4) is 0 Å². The molecule has 0 fully saturated rings. The third-order valence-electron chi connectivity index (χ3n) is 1.49. The molecular weight excluding hydrogens is 134 g/mol. The molecule has 68 valence electrons. The van der Waals surface area contributed by atoms with Gasteiger partial charge in [0, 0.05) is 11.7 Å². The van der Waals surface area contributed by atoms with Crippen LogP contribution in [0.1, 0.15) is 47.5 Å². The van der Waals surface area contributed by atoms with E-state index in [1.807, 2.05) is 13.8 Å². The normalized spacial score (nSPS) is 11.0. The molecule has 0 bridgehead atoms. The molecule has 0 aromatic carbocycles. The molecule has 1 nitrogen and oxygen atoms in total. The lowest BCUT2D eigenvalue weighted by molar-refractivity contribution is 0.585. The summed E-state index contributed by atoms with van der Waals surface area (Å²) in [5.41, 5.74) is 1.14. The number of nitrogens with one attached hydrogen (secondary N) is 1. The van der Waals surface area contributed by atoms with Crippen molar-refractivity contribution in [3.05, 3.63) is 12.3 Å². The van der Waals surface area contributed by atoms with Gasteiger partial charge in [0.2, 0.25) is 0 Å². The molecule has 0 aromatic heterocycles. The summed E-state index contributed by atoms with van der Waals surface area (Å²) in [6.07, 6.45) is 2.20. The van der Waals surface area contributed by atoms with Gasteiger partial charge in [0.05, 0.1) is 0 Å². The Hall–Kier alpha value is -0.460. The van der Waals surface area contributed by atoms with E-state index in [4.69, 9.17) is 0 Å². The van der Waals surface area contributed by atoms with Crippen molar-refractivity contribution in [2.45, 2.75) is 53.5 Å². The topological polar surface area (TPSA) is 12.0 Å². The van der Waals surface area contributed by atoms with Crippen LogP contribution in [0.5, 0.6) is 0 Å². The second-order valence-corrected chi connectivity index (χ2v) is 2.41. The van der Waals surface area contributed by atoms with E-state index in [1.54, 1.807) is 0 Å². The van der Waals surface area contributed by atoms with Gasteiger partial charge in [0.25, 0.3) is 0 Å². The van der Waals surface area contributed by atoms with Crippen molar-refractivity contribution < 1.29 is 0 Å². The summed E-state index contributed by atoms with van der Waals surface area (Å²) in [4.78, 5) is 0. The first kappa shape index (κ1) is 13.2. The van der Waals surface area contributed by atoms with Gasteiger partial charge in [-0.15, -0.1) is 0 Å². The van der Waals surface area contributed by atoms with Gasteiger partial charge in [-0.25, -0.2) is 0 Å². The quantitative estimate of drug-likeness (QED) is 0.660. The molecule has 0 aliphatic carbocycles. The molecule has 0 amide bonds. The molecule has 1 N–H and O–H groups in total. The van der Waals surface area contributed by atoms with E-state index < -0.39 is 0 Å². The molecule has 0 aliphatic heterocycles. The SMILES string of the molecule is C=C(CC)NC(C)CC.CC. The predicted molar refractivity (Wildman–Crippen MR) is 53.7 cm³/mol. The molecule has 0 saturated heterocycles. The Morgan fingerprint density at radius 2 is 1.82 bits per heavy atom. The van der Waals surface area contributed by atoms with Crippen molar-refractivity contribution in [1.29, 1.82) is 0 Å². The van der Waals surface area contributed by atoms with Crippen LogP contribution in [-0.4, -0.2) is 6.04 Å². The summed E-state index contributed by atoms with van der Waals surface area (Å²) >= 11 is 0. The lowest BCUT2D eigenvalue weighted by Gasteiger charge is -2.13. The average molecular weight is 157 g/mol. The zero-order chi connectivity index (χ0) is 9.28. The average Bonchev–Trinajstić information content (AvgIpc) is 2.07. The molecule has 0 heterocycles. The number of hydrogen-bond donors (Lipinski definition) is 1. The van der Waals surface area contributed by atoms with E-state index in [-0.39, 0.29) is 0 Å². The maximum absolute atomic E-state index is 3.85. The number of hydrogen-bond acceptors (Lipinski definition) is 1. The number of rotatable bonds is 4. The van der Waals surface area contributed by atoms with Gasteiger partial charge in [-0.2, -0.15) is 0 Å². The Kier molecular flexibility index (Phi) is 11.4. The zero-order valence-electron chi connectivity index (χ0n) is 8.70. The lowest BCUT2D eigenvalue weighted by Crippen LogP contribution is -2.23. The highest BCUT2D eigenvalue weighted by Gasteiger charge is 1.95. The Morgan fingerprint density at radius 3 is 2.09 bits per heavy atom. The van der Waals surface area contributed by atoms with Gasteiger partial charge in [-0.1, -0.05) is 34.3 Å². The van der Waals surface area contributed by atoms with Crippen molar-refractivity contribution in [3.8, 4) is 0 Å². The Bertz CT molecular complexity index is 86.9. The maximum atomic E-state index is 3.85. The molecule has 0 aliphatic rings. The molecule has 0 aromatic rings. The first-order valence-corrected chi connectivity index (χ1v) is 4.65. The van der Waals surface area contributed by atoms with E-state index in [2.05, 4.69) is 32.7 Å². The Morgan fingerprint density at radius 1 is 1.36 bits per heavy atom. The highest BCUT2D eigenvalue weighted by molar-refractivity contribution is 4.90. The van der Waals surface area contributed by atoms with Crippen molar-refractivity contribution >= 4 is 0 Å². The second-order valence-electron chi connectivity index (χ2n) is 2.41. The van der Waals surface area contributed by atoms with Gasteiger partial charge < -0.3 is 5.32 Å². The molecule has 0 radical (unpaired) electrons. The van der Waals surface area contributed by atoms with E-state index in [9.17, 15) is 0 Å². The van der Waals surface area contributed by atoms with E-state index in [0.717, 1.165) is 12.1 Å². The Labute approximate surface area is 71.9 Å². The van der Waals surface area contributed by atoms with Crippen molar-refractivity contribution in [2.24, 2.45) is 0 Å². The molecule has 1 atom stereocenters. The molecule has 0 rings (SSSR count). The molecule has 11 heavy (non-hydrogen) atoms. The molecule has 1 heteroatoms. The van der Waals surface area contributed by atoms with E-state index in [1.165, 1.54) is 6.42 Å². The minimum atomic E-state index is 0.581. The van der Waals surface area contributed by atoms with Gasteiger partial charge in [0.1, 0.15) is 0 Å². The second kappa shape index (κ2) is 9.54. The van der Waals surface area contributed by atoms with Crippen molar-refractivity contribution in [2.75, 3.05) is 0 Å². The van der Waals surface area contributed by atoms with Crippen LogP contribution in [0.15, 0.2) is 12.3 Å². The Balaban J connectivity index is 0. The fraction of sp³-hybridized carbons (Fsp3) is 0.800. The first-order valence-electron chi connectivity index (χ1n) is 4.65. The van der Waals surface area contributed by atoms with Crippen molar-refractivity contribution in [1.82, 2.24) is 5.32 Å². The van der Waals surface area contributed by atoms with Crippen LogP contribution in [0.2, 0.25) is 0 Å². The summed E-state index contributed by atoms with van der Waals surface area (Å²) < 4.78 is 0. The summed E-state index contributed by atoms with van der Waals surface area (Å²) in [6.45, 7) is 14.3. The van der Waals surface area contributed by atoms with Crippen LogP contribution < -0.4 is 5.32 Å². The molecule has 0 spiro atoms. The summed E-state index contributed by atoms with van der Waals surface area (Å²) in [5.74, 6) is 0. The first-order chi connectivity index (χ1) is 5.20. The standard InChI is InChI=1S/C8H17N.C2H6/c1-5-7(3)9-8(4)6-2;1-2/h8-9H,3,5-6H2,1-2,4H3;1-2H3.